The third-order valence-corrected chi connectivity index (χ3v) is 2.64. The average molecular weight is 213 g/mol. The van der Waals surface area contributed by atoms with Crippen molar-refractivity contribution in [3.8, 4) is 0 Å². The van der Waals surface area contributed by atoms with Crippen molar-refractivity contribution in [1.82, 2.24) is 4.57 Å². The Bertz CT molecular complexity index is 470. The number of benzene rings is 1. The molecular weight excluding hydrogens is 198 g/mol. The second-order valence-corrected chi connectivity index (χ2v) is 3.97. The largest absolute Gasteiger partial charge is 0.357 e. The van der Waals surface area contributed by atoms with Gasteiger partial charge in [0, 0.05) is 31.4 Å². The Morgan fingerprint density at radius 1 is 1.19 bits per heavy atom. The first-order chi connectivity index (χ1) is 7.75. The SMILES string of the molecule is Cn1ccc(C(=O)CCc2ccccc2)c1. The van der Waals surface area contributed by atoms with Gasteiger partial charge in [-0.2, -0.15) is 0 Å². The minimum absolute atomic E-state index is 0.212. The van der Waals surface area contributed by atoms with Gasteiger partial charge >= 0.3 is 0 Å². The highest BCUT2D eigenvalue weighted by molar-refractivity contribution is 5.96. The molecule has 2 heteroatoms. The third-order valence-electron chi connectivity index (χ3n) is 2.64. The van der Waals surface area contributed by atoms with Gasteiger partial charge in [0.05, 0.1) is 0 Å². The molecule has 0 spiro atoms. The molecule has 1 aromatic heterocycles. The third kappa shape index (κ3) is 2.60. The van der Waals surface area contributed by atoms with Crippen molar-refractivity contribution in [3.63, 3.8) is 0 Å². The van der Waals surface area contributed by atoms with E-state index < -0.39 is 0 Å². The molecule has 0 saturated carbocycles. The summed E-state index contributed by atoms with van der Waals surface area (Å²) < 4.78 is 1.90. The number of carbonyl (C=O) groups excluding carboxylic acids is 1. The summed E-state index contributed by atoms with van der Waals surface area (Å²) in [7, 11) is 1.92. The minimum atomic E-state index is 0.212. The summed E-state index contributed by atoms with van der Waals surface area (Å²) in [6.07, 6.45) is 5.16. The van der Waals surface area contributed by atoms with E-state index in [0.29, 0.717) is 6.42 Å². The van der Waals surface area contributed by atoms with Crippen molar-refractivity contribution < 1.29 is 4.79 Å². The van der Waals surface area contributed by atoms with Crippen molar-refractivity contribution >= 4 is 5.78 Å². The van der Waals surface area contributed by atoms with Crippen LogP contribution in [0.2, 0.25) is 0 Å². The molecule has 0 bridgehead atoms. The lowest BCUT2D eigenvalue weighted by Gasteiger charge is -1.99. The van der Waals surface area contributed by atoms with Crippen molar-refractivity contribution in [3.05, 3.63) is 59.9 Å². The van der Waals surface area contributed by atoms with Gasteiger partial charge in [0.2, 0.25) is 0 Å². The molecule has 0 radical (unpaired) electrons. The van der Waals surface area contributed by atoms with Gasteiger partial charge in [0.15, 0.2) is 5.78 Å². The van der Waals surface area contributed by atoms with Gasteiger partial charge in [-0.3, -0.25) is 4.79 Å². The van der Waals surface area contributed by atoms with Crippen LogP contribution >= 0.6 is 0 Å². The van der Waals surface area contributed by atoms with Crippen molar-refractivity contribution in [2.45, 2.75) is 12.8 Å². The van der Waals surface area contributed by atoms with Gasteiger partial charge in [-0.05, 0) is 18.1 Å². The summed E-state index contributed by atoms with van der Waals surface area (Å²) >= 11 is 0. The average Bonchev–Trinajstić information content (AvgIpc) is 2.74. The van der Waals surface area contributed by atoms with Crippen molar-refractivity contribution in [1.29, 1.82) is 0 Å². The fourth-order valence-electron chi connectivity index (χ4n) is 1.72. The predicted molar refractivity (Wildman–Crippen MR) is 64.5 cm³/mol. The Morgan fingerprint density at radius 3 is 2.56 bits per heavy atom. The van der Waals surface area contributed by atoms with E-state index >= 15 is 0 Å². The van der Waals surface area contributed by atoms with Crippen LogP contribution in [0.25, 0.3) is 0 Å². The van der Waals surface area contributed by atoms with Gasteiger partial charge in [-0.15, -0.1) is 0 Å². The highest BCUT2D eigenvalue weighted by Crippen LogP contribution is 2.08. The van der Waals surface area contributed by atoms with Gasteiger partial charge in [-0.1, -0.05) is 30.3 Å². The van der Waals surface area contributed by atoms with Crippen LogP contribution in [0.15, 0.2) is 48.8 Å². The number of rotatable bonds is 4. The highest BCUT2D eigenvalue weighted by Gasteiger charge is 2.06. The second-order valence-electron chi connectivity index (χ2n) is 3.97. The molecule has 0 unspecified atom stereocenters. The zero-order chi connectivity index (χ0) is 11.4. The van der Waals surface area contributed by atoms with E-state index in [1.54, 1.807) is 0 Å². The molecule has 2 nitrogen and oxygen atoms in total. The second kappa shape index (κ2) is 4.79. The molecule has 0 aliphatic heterocycles. The summed E-state index contributed by atoms with van der Waals surface area (Å²) in [5.74, 6) is 0.212. The van der Waals surface area contributed by atoms with E-state index in [0.717, 1.165) is 12.0 Å². The Labute approximate surface area is 95.5 Å². The van der Waals surface area contributed by atoms with Crippen LogP contribution < -0.4 is 0 Å². The minimum Gasteiger partial charge on any atom is -0.357 e. The standard InChI is InChI=1S/C14H15NO/c1-15-10-9-13(11-15)14(16)8-7-12-5-3-2-4-6-12/h2-6,9-11H,7-8H2,1H3. The maximum absolute atomic E-state index is 11.8. The first kappa shape index (κ1) is 10.7. The Morgan fingerprint density at radius 2 is 1.94 bits per heavy atom. The van der Waals surface area contributed by atoms with Crippen LogP contribution in [0.1, 0.15) is 22.3 Å². The molecule has 0 N–H and O–H groups in total. The lowest BCUT2D eigenvalue weighted by Crippen LogP contribution is -1.99. The van der Waals surface area contributed by atoms with E-state index in [1.807, 2.05) is 48.3 Å². The molecule has 82 valence electrons. The van der Waals surface area contributed by atoms with Crippen LogP contribution in [-0.2, 0) is 13.5 Å². The van der Waals surface area contributed by atoms with E-state index in [-0.39, 0.29) is 5.78 Å². The van der Waals surface area contributed by atoms with Crippen LogP contribution in [0.5, 0.6) is 0 Å². The number of nitrogens with zero attached hydrogens (tertiary/aromatic N) is 1. The summed E-state index contributed by atoms with van der Waals surface area (Å²) in [6, 6.07) is 12.0. The predicted octanol–water partition coefficient (Wildman–Crippen LogP) is 2.84. The number of aryl methyl sites for hydroxylation is 2. The lowest BCUT2D eigenvalue weighted by atomic mass is 10.1. The Hall–Kier alpha value is -1.83. The molecule has 1 aromatic carbocycles. The molecule has 0 aliphatic carbocycles. The number of ketones is 1. The van der Waals surface area contributed by atoms with E-state index in [4.69, 9.17) is 0 Å². The van der Waals surface area contributed by atoms with Crippen LogP contribution in [0, 0.1) is 0 Å². The summed E-state index contributed by atoms with van der Waals surface area (Å²) in [6.45, 7) is 0. The number of aromatic nitrogens is 1. The fraction of sp³-hybridized carbons (Fsp3) is 0.214. The molecule has 0 aliphatic rings. The molecule has 2 rings (SSSR count). The Balaban J connectivity index is 1.94. The van der Waals surface area contributed by atoms with Crippen molar-refractivity contribution in [2.24, 2.45) is 7.05 Å². The maximum Gasteiger partial charge on any atom is 0.164 e. The lowest BCUT2D eigenvalue weighted by molar-refractivity contribution is 0.0983. The Kier molecular flexibility index (Phi) is 3.20. The summed E-state index contributed by atoms with van der Waals surface area (Å²) in [4.78, 5) is 11.8. The summed E-state index contributed by atoms with van der Waals surface area (Å²) in [5, 5.41) is 0. The van der Waals surface area contributed by atoms with Gasteiger partial charge < -0.3 is 4.57 Å². The van der Waals surface area contributed by atoms with E-state index in [1.165, 1.54) is 5.56 Å². The highest BCUT2D eigenvalue weighted by atomic mass is 16.1. The normalized spacial score (nSPS) is 10.3. The van der Waals surface area contributed by atoms with Crippen LogP contribution in [-0.4, -0.2) is 10.4 Å². The van der Waals surface area contributed by atoms with Crippen LogP contribution in [0.3, 0.4) is 0 Å². The number of Topliss-reactive ketones (excluding diaryl/α,β-unsaturated/α-hetero) is 1. The zero-order valence-electron chi connectivity index (χ0n) is 9.39. The topological polar surface area (TPSA) is 22.0 Å². The maximum atomic E-state index is 11.8. The first-order valence-corrected chi connectivity index (χ1v) is 5.45. The molecule has 0 atom stereocenters. The van der Waals surface area contributed by atoms with Crippen LogP contribution in [0.4, 0.5) is 0 Å². The number of hydrogen-bond acceptors (Lipinski definition) is 1. The van der Waals surface area contributed by atoms with Gasteiger partial charge in [0.1, 0.15) is 0 Å². The zero-order valence-corrected chi connectivity index (χ0v) is 9.39. The van der Waals surface area contributed by atoms with E-state index in [9.17, 15) is 4.79 Å². The van der Waals surface area contributed by atoms with E-state index in [2.05, 4.69) is 12.1 Å². The molecular formula is C14H15NO. The smallest absolute Gasteiger partial charge is 0.164 e. The number of carbonyl (C=O) groups is 1. The van der Waals surface area contributed by atoms with Gasteiger partial charge in [-0.25, -0.2) is 0 Å². The fourth-order valence-corrected chi connectivity index (χ4v) is 1.72. The van der Waals surface area contributed by atoms with Gasteiger partial charge in [0.25, 0.3) is 0 Å². The monoisotopic (exact) mass is 213 g/mol. The van der Waals surface area contributed by atoms with Crippen molar-refractivity contribution in [2.75, 3.05) is 0 Å². The molecule has 1 heterocycles. The number of hydrogen-bond donors (Lipinski definition) is 0. The molecule has 16 heavy (non-hydrogen) atoms. The quantitative estimate of drug-likeness (QED) is 0.716. The first-order valence-electron chi connectivity index (χ1n) is 5.45. The molecule has 2 aromatic rings. The molecule has 0 saturated heterocycles. The molecule has 0 amide bonds. The molecule has 0 fully saturated rings. The summed E-state index contributed by atoms with van der Waals surface area (Å²) in [5.41, 5.74) is 2.02.